The maximum Gasteiger partial charge on any atom is 0.216 e. The Bertz CT molecular complexity index is 716. The van der Waals surface area contributed by atoms with Gasteiger partial charge in [0.15, 0.2) is 0 Å². The molecule has 96 valence electrons. The van der Waals surface area contributed by atoms with E-state index >= 15 is 0 Å². The van der Waals surface area contributed by atoms with Crippen molar-refractivity contribution in [2.75, 3.05) is 0 Å². The molecule has 0 spiro atoms. The summed E-state index contributed by atoms with van der Waals surface area (Å²) >= 11 is 1.40. The van der Waals surface area contributed by atoms with Crippen molar-refractivity contribution in [1.82, 2.24) is 14.8 Å². The topological polar surface area (TPSA) is 71.2 Å². The summed E-state index contributed by atoms with van der Waals surface area (Å²) in [5, 5.41) is 25.7. The Labute approximate surface area is 113 Å². The quantitative estimate of drug-likeness (QED) is 0.753. The molecule has 2 N–H and O–H groups in total. The summed E-state index contributed by atoms with van der Waals surface area (Å²) in [4.78, 5) is 4.43. The predicted octanol–water partition coefficient (Wildman–Crippen LogP) is 2.72. The molecule has 1 aromatic carbocycles. The van der Waals surface area contributed by atoms with Gasteiger partial charge in [0.2, 0.25) is 11.0 Å². The van der Waals surface area contributed by atoms with Crippen LogP contribution in [-0.4, -0.2) is 25.0 Å². The maximum absolute atomic E-state index is 9.74. The molecule has 2 aromatic heterocycles. The third-order valence-corrected chi connectivity index (χ3v) is 3.47. The second kappa shape index (κ2) is 4.40. The van der Waals surface area contributed by atoms with E-state index in [9.17, 15) is 10.2 Å². The number of aromatic nitrogens is 3. The van der Waals surface area contributed by atoms with Crippen molar-refractivity contribution in [2.45, 2.75) is 6.92 Å². The molecule has 0 aliphatic heterocycles. The van der Waals surface area contributed by atoms with Gasteiger partial charge in [-0.05, 0) is 31.2 Å². The monoisotopic (exact) mass is 273 g/mol. The van der Waals surface area contributed by atoms with Crippen LogP contribution in [0.15, 0.2) is 35.7 Å². The van der Waals surface area contributed by atoms with Crippen molar-refractivity contribution in [3.8, 4) is 28.0 Å². The zero-order valence-electron chi connectivity index (χ0n) is 10.1. The van der Waals surface area contributed by atoms with Crippen LogP contribution in [0.4, 0.5) is 0 Å². The summed E-state index contributed by atoms with van der Waals surface area (Å²) in [7, 11) is 0. The van der Waals surface area contributed by atoms with E-state index in [1.807, 2.05) is 12.3 Å². The average Bonchev–Trinajstić information content (AvgIpc) is 2.97. The van der Waals surface area contributed by atoms with Crippen LogP contribution in [0.1, 0.15) is 5.69 Å². The molecular weight excluding hydrogens is 262 g/mol. The fourth-order valence-electron chi connectivity index (χ4n) is 1.75. The molecule has 0 saturated heterocycles. The van der Waals surface area contributed by atoms with Gasteiger partial charge in [0.05, 0.1) is 11.4 Å². The van der Waals surface area contributed by atoms with E-state index in [2.05, 4.69) is 10.1 Å². The van der Waals surface area contributed by atoms with Gasteiger partial charge in [-0.2, -0.15) is 9.78 Å². The summed E-state index contributed by atoms with van der Waals surface area (Å²) in [6.07, 6.45) is 0. The minimum atomic E-state index is 0.0732. The normalized spacial score (nSPS) is 10.8. The van der Waals surface area contributed by atoms with Crippen LogP contribution in [0.5, 0.6) is 11.6 Å². The largest absolute Gasteiger partial charge is 0.508 e. The first-order chi connectivity index (χ1) is 9.13. The summed E-state index contributed by atoms with van der Waals surface area (Å²) < 4.78 is 1.41. The Morgan fingerprint density at radius 2 is 1.89 bits per heavy atom. The fourth-order valence-corrected chi connectivity index (χ4v) is 2.54. The maximum atomic E-state index is 9.74. The third-order valence-electron chi connectivity index (χ3n) is 2.65. The average molecular weight is 273 g/mol. The van der Waals surface area contributed by atoms with Gasteiger partial charge in [0.1, 0.15) is 5.75 Å². The number of phenolic OH excluding ortho intramolecular Hbond substituents is 1. The van der Waals surface area contributed by atoms with Gasteiger partial charge in [-0.1, -0.05) is 0 Å². The molecule has 19 heavy (non-hydrogen) atoms. The highest BCUT2D eigenvalue weighted by molar-refractivity contribution is 7.12. The highest BCUT2D eigenvalue weighted by Gasteiger charge is 2.11. The van der Waals surface area contributed by atoms with Crippen molar-refractivity contribution < 1.29 is 10.2 Å². The lowest BCUT2D eigenvalue weighted by molar-refractivity contribution is 0.433. The number of hydrogen-bond acceptors (Lipinski definition) is 5. The van der Waals surface area contributed by atoms with E-state index in [1.165, 1.54) is 16.0 Å². The zero-order chi connectivity index (χ0) is 13.4. The van der Waals surface area contributed by atoms with E-state index in [-0.39, 0.29) is 11.6 Å². The Morgan fingerprint density at radius 1 is 1.16 bits per heavy atom. The van der Waals surface area contributed by atoms with Crippen LogP contribution in [0, 0.1) is 6.92 Å². The van der Waals surface area contributed by atoms with Crippen molar-refractivity contribution >= 4 is 11.3 Å². The number of benzene rings is 1. The SMILES string of the molecule is Cc1cc(O)n(-c2nc(-c3ccc(O)cc3)cs2)n1. The Balaban J connectivity index is 1.99. The van der Waals surface area contributed by atoms with E-state index in [0.29, 0.717) is 5.13 Å². The molecule has 0 aliphatic carbocycles. The predicted molar refractivity (Wildman–Crippen MR) is 72.7 cm³/mol. The van der Waals surface area contributed by atoms with Gasteiger partial charge >= 0.3 is 0 Å². The van der Waals surface area contributed by atoms with E-state index in [4.69, 9.17) is 0 Å². The number of thiazole rings is 1. The minimum absolute atomic E-state index is 0.0732. The molecule has 0 atom stereocenters. The van der Waals surface area contributed by atoms with Gasteiger partial charge in [0.25, 0.3) is 0 Å². The van der Waals surface area contributed by atoms with Crippen LogP contribution in [0.3, 0.4) is 0 Å². The molecular formula is C13H11N3O2S. The van der Waals surface area contributed by atoms with Gasteiger partial charge in [-0.25, -0.2) is 4.98 Å². The van der Waals surface area contributed by atoms with E-state index < -0.39 is 0 Å². The number of hydrogen-bond donors (Lipinski definition) is 2. The number of phenols is 1. The number of aromatic hydroxyl groups is 2. The molecule has 0 fully saturated rings. The standard InChI is InChI=1S/C13H11N3O2S/c1-8-6-12(18)16(15-8)13-14-11(7-19-13)9-2-4-10(17)5-3-9/h2-7,17-18H,1H3. The second-order valence-electron chi connectivity index (χ2n) is 4.12. The third kappa shape index (κ3) is 2.17. The highest BCUT2D eigenvalue weighted by atomic mass is 32.1. The first-order valence-corrected chi connectivity index (χ1v) is 6.52. The smallest absolute Gasteiger partial charge is 0.216 e. The molecule has 0 aliphatic rings. The van der Waals surface area contributed by atoms with E-state index in [0.717, 1.165) is 17.0 Å². The van der Waals surface area contributed by atoms with Crippen LogP contribution in [0.25, 0.3) is 16.4 Å². The van der Waals surface area contributed by atoms with Crippen molar-refractivity contribution in [2.24, 2.45) is 0 Å². The molecule has 3 rings (SSSR count). The molecule has 3 aromatic rings. The molecule has 5 nitrogen and oxygen atoms in total. The fraction of sp³-hybridized carbons (Fsp3) is 0.0769. The lowest BCUT2D eigenvalue weighted by atomic mass is 10.2. The molecule has 0 saturated carbocycles. The summed E-state index contributed by atoms with van der Waals surface area (Å²) in [5.41, 5.74) is 2.43. The minimum Gasteiger partial charge on any atom is -0.508 e. The highest BCUT2D eigenvalue weighted by Crippen LogP contribution is 2.27. The molecule has 0 bridgehead atoms. The van der Waals surface area contributed by atoms with Gasteiger partial charge in [-0.15, -0.1) is 11.3 Å². The summed E-state index contributed by atoms with van der Waals surface area (Å²) in [5.74, 6) is 0.295. The lowest BCUT2D eigenvalue weighted by Crippen LogP contribution is -1.95. The molecule has 2 heterocycles. The first-order valence-electron chi connectivity index (χ1n) is 5.64. The van der Waals surface area contributed by atoms with Crippen LogP contribution in [0.2, 0.25) is 0 Å². The second-order valence-corrected chi connectivity index (χ2v) is 4.95. The summed E-state index contributed by atoms with van der Waals surface area (Å²) in [6.45, 7) is 1.81. The van der Waals surface area contributed by atoms with Gasteiger partial charge in [-0.3, -0.25) is 0 Å². The van der Waals surface area contributed by atoms with Gasteiger partial charge in [0, 0.05) is 17.0 Å². The number of nitrogens with zero attached hydrogens (tertiary/aromatic N) is 3. The van der Waals surface area contributed by atoms with Gasteiger partial charge < -0.3 is 10.2 Å². The molecule has 0 unspecified atom stereocenters. The Hall–Kier alpha value is -2.34. The van der Waals surface area contributed by atoms with Crippen LogP contribution < -0.4 is 0 Å². The molecule has 6 heteroatoms. The van der Waals surface area contributed by atoms with Crippen molar-refractivity contribution in [3.63, 3.8) is 0 Å². The van der Waals surface area contributed by atoms with E-state index in [1.54, 1.807) is 30.3 Å². The lowest BCUT2D eigenvalue weighted by Gasteiger charge is -1.98. The van der Waals surface area contributed by atoms with Crippen molar-refractivity contribution in [1.29, 1.82) is 0 Å². The molecule has 0 amide bonds. The number of aryl methyl sites for hydroxylation is 1. The first kappa shape index (κ1) is 11.7. The zero-order valence-corrected chi connectivity index (χ0v) is 10.9. The number of rotatable bonds is 2. The Kier molecular flexibility index (Phi) is 2.72. The van der Waals surface area contributed by atoms with Crippen molar-refractivity contribution in [3.05, 3.63) is 41.4 Å². The van der Waals surface area contributed by atoms with Crippen LogP contribution in [-0.2, 0) is 0 Å². The van der Waals surface area contributed by atoms with Crippen LogP contribution >= 0.6 is 11.3 Å². The summed E-state index contributed by atoms with van der Waals surface area (Å²) in [6, 6.07) is 8.40. The Morgan fingerprint density at radius 3 is 2.53 bits per heavy atom. The molecule has 0 radical (unpaired) electrons.